The van der Waals surface area contributed by atoms with Gasteiger partial charge in [-0.2, -0.15) is 0 Å². The molecule has 7 heteroatoms. The number of aromatic hydroxyl groups is 1. The minimum absolute atomic E-state index is 0. The van der Waals surface area contributed by atoms with E-state index in [9.17, 15) is 9.50 Å². The van der Waals surface area contributed by atoms with Crippen molar-refractivity contribution >= 4 is 28.3 Å². The van der Waals surface area contributed by atoms with Crippen molar-refractivity contribution in [3.63, 3.8) is 0 Å². The summed E-state index contributed by atoms with van der Waals surface area (Å²) in [7, 11) is 0. The Bertz CT molecular complexity index is 663. The maximum Gasteiger partial charge on any atom is 0.164 e. The SMILES string of the molecule is CC1Cn2c(-c3ccc(F)c(O)c3)nc(Br)c2CCO1.Cl. The molecule has 4 nitrogen and oxygen atoms in total. The van der Waals surface area contributed by atoms with Crippen LogP contribution in [0.5, 0.6) is 5.75 Å². The molecule has 21 heavy (non-hydrogen) atoms. The van der Waals surface area contributed by atoms with Gasteiger partial charge < -0.3 is 14.4 Å². The van der Waals surface area contributed by atoms with E-state index in [1.165, 1.54) is 12.1 Å². The predicted octanol–water partition coefficient (Wildman–Crippen LogP) is 3.54. The average Bonchev–Trinajstić information content (AvgIpc) is 2.59. The van der Waals surface area contributed by atoms with E-state index in [1.807, 2.05) is 6.92 Å². The molecule has 2 heterocycles. The van der Waals surface area contributed by atoms with Crippen LogP contribution in [0, 0.1) is 5.82 Å². The number of imidazole rings is 1. The van der Waals surface area contributed by atoms with Gasteiger partial charge in [0, 0.05) is 12.0 Å². The average molecular weight is 378 g/mol. The van der Waals surface area contributed by atoms with Crippen molar-refractivity contribution in [2.24, 2.45) is 0 Å². The van der Waals surface area contributed by atoms with Gasteiger partial charge in [-0.3, -0.25) is 0 Å². The minimum atomic E-state index is -0.632. The molecule has 0 saturated carbocycles. The monoisotopic (exact) mass is 376 g/mol. The Balaban J connectivity index is 0.00000161. The molecule has 0 saturated heterocycles. The molecule has 0 fully saturated rings. The molecule has 3 rings (SSSR count). The summed E-state index contributed by atoms with van der Waals surface area (Å²) in [5.74, 6) is -0.291. The van der Waals surface area contributed by atoms with E-state index in [0.29, 0.717) is 24.5 Å². The Morgan fingerprint density at radius 3 is 2.95 bits per heavy atom. The lowest BCUT2D eigenvalue weighted by molar-refractivity contribution is 0.0666. The first-order chi connectivity index (χ1) is 9.56. The Hall–Kier alpha value is -1.11. The zero-order valence-electron chi connectivity index (χ0n) is 11.3. The van der Waals surface area contributed by atoms with E-state index in [4.69, 9.17) is 4.74 Å². The van der Waals surface area contributed by atoms with E-state index >= 15 is 0 Å². The van der Waals surface area contributed by atoms with Crippen LogP contribution in [0.15, 0.2) is 22.8 Å². The van der Waals surface area contributed by atoms with Crippen molar-refractivity contribution < 1.29 is 14.2 Å². The summed E-state index contributed by atoms with van der Waals surface area (Å²) in [5, 5.41) is 9.53. The third-order valence-electron chi connectivity index (χ3n) is 3.41. The molecule has 1 N–H and O–H groups in total. The number of phenolic OH excluding ortho intramolecular Hbond substituents is 1. The zero-order valence-corrected chi connectivity index (χ0v) is 13.7. The van der Waals surface area contributed by atoms with Gasteiger partial charge in [0.15, 0.2) is 11.6 Å². The van der Waals surface area contributed by atoms with Gasteiger partial charge in [0.2, 0.25) is 0 Å². The maximum atomic E-state index is 13.2. The van der Waals surface area contributed by atoms with Crippen LogP contribution in [0.3, 0.4) is 0 Å². The van der Waals surface area contributed by atoms with Crippen LogP contribution in [0.25, 0.3) is 11.4 Å². The number of hydrogen-bond acceptors (Lipinski definition) is 3. The second kappa shape index (κ2) is 6.34. The van der Waals surface area contributed by atoms with Crippen LogP contribution in [0.1, 0.15) is 12.6 Å². The van der Waals surface area contributed by atoms with Crippen molar-refractivity contribution in [1.29, 1.82) is 0 Å². The van der Waals surface area contributed by atoms with Crippen LogP contribution >= 0.6 is 28.3 Å². The lowest BCUT2D eigenvalue weighted by Crippen LogP contribution is -2.14. The van der Waals surface area contributed by atoms with Crippen molar-refractivity contribution in [2.75, 3.05) is 6.61 Å². The molecule has 1 aromatic heterocycles. The van der Waals surface area contributed by atoms with Gasteiger partial charge in [-0.05, 0) is 41.1 Å². The fraction of sp³-hybridized carbons (Fsp3) is 0.357. The molecule has 0 amide bonds. The van der Waals surface area contributed by atoms with Crippen LogP contribution in [0.2, 0.25) is 0 Å². The summed E-state index contributed by atoms with van der Waals surface area (Å²) >= 11 is 3.46. The standard InChI is InChI=1S/C14H14BrFN2O2.ClH/c1-8-7-18-11(4-5-20-8)13(15)17-14(18)9-2-3-10(16)12(19)6-9;/h2-3,6,8,19H,4-5,7H2,1H3;1H. The number of nitrogens with zero attached hydrogens (tertiary/aromatic N) is 2. The predicted molar refractivity (Wildman–Crippen MR) is 83.4 cm³/mol. The Labute approximate surface area is 136 Å². The molecule has 1 aromatic carbocycles. The number of halogens is 3. The molecule has 0 aliphatic carbocycles. The largest absolute Gasteiger partial charge is 0.505 e. The summed E-state index contributed by atoms with van der Waals surface area (Å²) in [6.45, 7) is 3.34. The van der Waals surface area contributed by atoms with Gasteiger partial charge in [-0.15, -0.1) is 12.4 Å². The second-order valence-corrected chi connectivity index (χ2v) is 5.63. The zero-order chi connectivity index (χ0) is 14.3. The molecule has 1 unspecified atom stereocenters. The molecule has 2 aromatic rings. The second-order valence-electron chi connectivity index (χ2n) is 4.88. The Kier molecular flexibility index (Phi) is 4.91. The number of ether oxygens (including phenoxy) is 1. The number of fused-ring (bicyclic) bond motifs is 1. The van der Waals surface area contributed by atoms with Gasteiger partial charge in [-0.1, -0.05) is 0 Å². The summed E-state index contributed by atoms with van der Waals surface area (Å²) < 4.78 is 21.7. The fourth-order valence-electron chi connectivity index (χ4n) is 2.43. The van der Waals surface area contributed by atoms with E-state index in [0.717, 1.165) is 16.7 Å². The van der Waals surface area contributed by atoms with Crippen molar-refractivity contribution in [3.05, 3.63) is 34.3 Å². The van der Waals surface area contributed by atoms with Gasteiger partial charge >= 0.3 is 0 Å². The smallest absolute Gasteiger partial charge is 0.164 e. The molecule has 0 spiro atoms. The highest BCUT2D eigenvalue weighted by Gasteiger charge is 2.22. The highest BCUT2D eigenvalue weighted by molar-refractivity contribution is 9.10. The number of hydrogen-bond donors (Lipinski definition) is 1. The van der Waals surface area contributed by atoms with Crippen LogP contribution in [-0.2, 0) is 17.7 Å². The van der Waals surface area contributed by atoms with E-state index in [2.05, 4.69) is 25.5 Å². The lowest BCUT2D eigenvalue weighted by atomic mass is 10.2. The van der Waals surface area contributed by atoms with Crippen LogP contribution in [-0.4, -0.2) is 27.4 Å². The summed E-state index contributed by atoms with van der Waals surface area (Å²) in [6, 6.07) is 4.26. The molecule has 0 bridgehead atoms. The first kappa shape index (κ1) is 16.3. The molecule has 1 aliphatic rings. The van der Waals surface area contributed by atoms with E-state index < -0.39 is 5.82 Å². The van der Waals surface area contributed by atoms with Gasteiger partial charge in [0.25, 0.3) is 0 Å². The van der Waals surface area contributed by atoms with Gasteiger partial charge in [0.1, 0.15) is 10.4 Å². The molecule has 114 valence electrons. The molecule has 0 radical (unpaired) electrons. The number of rotatable bonds is 1. The molecular weight excluding hydrogens is 363 g/mol. The molecule has 1 atom stereocenters. The third-order valence-corrected chi connectivity index (χ3v) is 4.04. The number of aromatic nitrogens is 2. The highest BCUT2D eigenvalue weighted by Crippen LogP contribution is 2.30. The summed E-state index contributed by atoms with van der Waals surface area (Å²) in [5.41, 5.74) is 1.75. The first-order valence-electron chi connectivity index (χ1n) is 6.41. The number of benzene rings is 1. The lowest BCUT2D eigenvalue weighted by Gasteiger charge is -2.12. The van der Waals surface area contributed by atoms with Gasteiger partial charge in [-0.25, -0.2) is 9.37 Å². The van der Waals surface area contributed by atoms with Gasteiger partial charge in [0.05, 0.1) is 24.9 Å². The van der Waals surface area contributed by atoms with Crippen molar-refractivity contribution in [1.82, 2.24) is 9.55 Å². The van der Waals surface area contributed by atoms with E-state index in [1.54, 1.807) is 6.07 Å². The Morgan fingerprint density at radius 2 is 2.24 bits per heavy atom. The maximum absolute atomic E-state index is 13.2. The highest BCUT2D eigenvalue weighted by atomic mass is 79.9. The summed E-state index contributed by atoms with van der Waals surface area (Å²) in [6.07, 6.45) is 0.857. The number of phenols is 1. The fourth-order valence-corrected chi connectivity index (χ4v) is 3.01. The Morgan fingerprint density at radius 1 is 1.48 bits per heavy atom. The normalized spacial score (nSPS) is 17.8. The van der Waals surface area contributed by atoms with Crippen LogP contribution in [0.4, 0.5) is 4.39 Å². The third kappa shape index (κ3) is 3.07. The minimum Gasteiger partial charge on any atom is -0.505 e. The van der Waals surface area contributed by atoms with E-state index in [-0.39, 0.29) is 24.3 Å². The van der Waals surface area contributed by atoms with Crippen LogP contribution < -0.4 is 0 Å². The molecule has 1 aliphatic heterocycles. The first-order valence-corrected chi connectivity index (χ1v) is 7.21. The quantitative estimate of drug-likeness (QED) is 0.827. The van der Waals surface area contributed by atoms with Crippen molar-refractivity contribution in [3.8, 4) is 17.1 Å². The van der Waals surface area contributed by atoms with Crippen molar-refractivity contribution in [2.45, 2.75) is 26.0 Å². The molecular formula is C14H15BrClFN2O2. The topological polar surface area (TPSA) is 47.3 Å². The summed E-state index contributed by atoms with van der Waals surface area (Å²) in [4.78, 5) is 4.50.